The van der Waals surface area contributed by atoms with Gasteiger partial charge >= 0.3 is 0 Å². The topological polar surface area (TPSA) is 48.1 Å². The maximum Gasteiger partial charge on any atom is 0.149 e. The Hall–Kier alpha value is -2.72. The van der Waals surface area contributed by atoms with E-state index in [0.29, 0.717) is 30.2 Å². The van der Waals surface area contributed by atoms with Crippen molar-refractivity contribution in [2.45, 2.75) is 25.7 Å². The third-order valence-electron chi connectivity index (χ3n) is 5.20. The summed E-state index contributed by atoms with van der Waals surface area (Å²) in [5.74, 6) is 0.595. The van der Waals surface area contributed by atoms with Crippen molar-refractivity contribution < 1.29 is 9.13 Å². The summed E-state index contributed by atoms with van der Waals surface area (Å²) in [6.07, 6.45) is 0. The lowest BCUT2D eigenvalue weighted by Gasteiger charge is -2.18. The van der Waals surface area contributed by atoms with E-state index in [1.54, 1.807) is 6.07 Å². The highest BCUT2D eigenvalue weighted by Gasteiger charge is 2.29. The summed E-state index contributed by atoms with van der Waals surface area (Å²) in [4.78, 5) is 4.85. The van der Waals surface area contributed by atoms with Gasteiger partial charge in [0, 0.05) is 29.5 Å². The van der Waals surface area contributed by atoms with Gasteiger partial charge in [-0.25, -0.2) is 9.37 Å². The summed E-state index contributed by atoms with van der Waals surface area (Å²) in [6, 6.07) is 17.2. The second-order valence-electron chi connectivity index (χ2n) is 7.21. The number of ether oxygens (including phenoxy) is 1. The van der Waals surface area contributed by atoms with Crippen LogP contribution in [0.1, 0.15) is 41.1 Å². The van der Waals surface area contributed by atoms with Crippen LogP contribution in [0.15, 0.2) is 54.6 Å². The highest BCUT2D eigenvalue weighted by Crippen LogP contribution is 2.43. The standard InChI is InChI=1S/C23H23FN2O/c1-14-8-9-20(24)18(10-14)22-23-17(15(2)13-27-23)11-21(26-22)19(12-25)16-6-4-3-5-7-16/h3-11,15,19H,12-13,25H2,1-2H3. The van der Waals surface area contributed by atoms with Gasteiger partial charge in [0.05, 0.1) is 12.3 Å². The number of nitrogens with two attached hydrogens (primary N) is 1. The van der Waals surface area contributed by atoms with Crippen LogP contribution in [0.2, 0.25) is 0 Å². The molecule has 0 radical (unpaired) electrons. The van der Waals surface area contributed by atoms with Crippen molar-refractivity contribution in [3.63, 3.8) is 0 Å². The third kappa shape index (κ3) is 3.21. The van der Waals surface area contributed by atoms with Gasteiger partial charge in [-0.2, -0.15) is 0 Å². The van der Waals surface area contributed by atoms with Gasteiger partial charge < -0.3 is 10.5 Å². The number of aryl methyl sites for hydroxylation is 1. The van der Waals surface area contributed by atoms with E-state index in [2.05, 4.69) is 25.1 Å². The average molecular weight is 362 g/mol. The van der Waals surface area contributed by atoms with Gasteiger partial charge in [-0.1, -0.05) is 48.9 Å². The average Bonchev–Trinajstić information content (AvgIpc) is 3.06. The summed E-state index contributed by atoms with van der Waals surface area (Å²) in [5.41, 5.74) is 11.2. The quantitative estimate of drug-likeness (QED) is 0.726. The highest BCUT2D eigenvalue weighted by molar-refractivity contribution is 5.71. The van der Waals surface area contributed by atoms with Gasteiger partial charge in [-0.05, 0) is 30.7 Å². The number of fused-ring (bicyclic) bond motifs is 1. The number of nitrogens with zero attached hydrogens (tertiary/aromatic N) is 1. The largest absolute Gasteiger partial charge is 0.490 e. The van der Waals surface area contributed by atoms with Crippen LogP contribution >= 0.6 is 0 Å². The molecule has 0 amide bonds. The smallest absolute Gasteiger partial charge is 0.149 e. The van der Waals surface area contributed by atoms with E-state index in [1.165, 1.54) is 6.07 Å². The molecule has 3 nitrogen and oxygen atoms in total. The summed E-state index contributed by atoms with van der Waals surface area (Å²) < 4.78 is 20.5. The number of aromatic nitrogens is 1. The summed E-state index contributed by atoms with van der Waals surface area (Å²) in [7, 11) is 0. The lowest BCUT2D eigenvalue weighted by atomic mass is 9.91. The van der Waals surface area contributed by atoms with Crippen LogP contribution in [0.25, 0.3) is 11.3 Å². The van der Waals surface area contributed by atoms with Gasteiger partial charge in [0.15, 0.2) is 0 Å². The molecular formula is C23H23FN2O. The van der Waals surface area contributed by atoms with Gasteiger partial charge in [0.1, 0.15) is 17.3 Å². The predicted octanol–water partition coefficient (Wildman–Crippen LogP) is 4.78. The van der Waals surface area contributed by atoms with Gasteiger partial charge in [0.2, 0.25) is 0 Å². The van der Waals surface area contributed by atoms with Gasteiger partial charge in [-0.15, -0.1) is 0 Å². The molecule has 0 saturated carbocycles. The molecule has 2 atom stereocenters. The fourth-order valence-electron chi connectivity index (χ4n) is 3.68. The Morgan fingerprint density at radius 3 is 2.70 bits per heavy atom. The fraction of sp³-hybridized carbons (Fsp3) is 0.261. The van der Waals surface area contributed by atoms with Crippen molar-refractivity contribution in [1.29, 1.82) is 0 Å². The number of pyridine rings is 1. The molecule has 3 aromatic rings. The zero-order valence-corrected chi connectivity index (χ0v) is 15.6. The van der Waals surface area contributed by atoms with Crippen LogP contribution in [0, 0.1) is 12.7 Å². The van der Waals surface area contributed by atoms with E-state index < -0.39 is 0 Å². The van der Waals surface area contributed by atoms with Gasteiger partial charge in [-0.3, -0.25) is 0 Å². The normalized spacial score (nSPS) is 16.7. The Morgan fingerprint density at radius 1 is 1.19 bits per heavy atom. The molecule has 0 bridgehead atoms. The molecule has 4 heteroatoms. The molecule has 2 aromatic carbocycles. The highest BCUT2D eigenvalue weighted by atomic mass is 19.1. The lowest BCUT2D eigenvalue weighted by Crippen LogP contribution is -2.16. The number of rotatable bonds is 4. The van der Waals surface area contributed by atoms with Crippen LogP contribution in [0.5, 0.6) is 5.75 Å². The molecule has 2 unspecified atom stereocenters. The molecule has 0 fully saturated rings. The zero-order valence-electron chi connectivity index (χ0n) is 15.6. The van der Waals surface area contributed by atoms with Crippen LogP contribution < -0.4 is 10.5 Å². The Bertz CT molecular complexity index is 972. The lowest BCUT2D eigenvalue weighted by molar-refractivity contribution is 0.337. The second-order valence-corrected chi connectivity index (χ2v) is 7.21. The first kappa shape index (κ1) is 17.7. The minimum absolute atomic E-state index is 0.0454. The van der Waals surface area contributed by atoms with E-state index in [0.717, 1.165) is 22.4 Å². The van der Waals surface area contributed by atoms with Gasteiger partial charge in [0.25, 0.3) is 0 Å². The molecule has 0 saturated heterocycles. The molecule has 2 heterocycles. The Labute approximate surface area is 159 Å². The number of benzene rings is 2. The summed E-state index contributed by atoms with van der Waals surface area (Å²) >= 11 is 0. The predicted molar refractivity (Wildman–Crippen MR) is 106 cm³/mol. The van der Waals surface area contributed by atoms with Crippen molar-refractivity contribution in [1.82, 2.24) is 4.98 Å². The van der Waals surface area contributed by atoms with Crippen LogP contribution in [0.3, 0.4) is 0 Å². The SMILES string of the molecule is Cc1ccc(F)c(-c2nc(C(CN)c3ccccc3)cc3c2OCC3C)c1. The van der Waals surface area contributed by atoms with Crippen LogP contribution in [-0.2, 0) is 0 Å². The maximum atomic E-state index is 14.6. The van der Waals surface area contributed by atoms with E-state index >= 15 is 0 Å². The summed E-state index contributed by atoms with van der Waals surface area (Å²) in [6.45, 7) is 5.08. The number of hydrogen-bond acceptors (Lipinski definition) is 3. The minimum atomic E-state index is -0.292. The molecule has 0 aliphatic carbocycles. The van der Waals surface area contributed by atoms with Crippen molar-refractivity contribution >= 4 is 0 Å². The first-order valence-corrected chi connectivity index (χ1v) is 9.27. The minimum Gasteiger partial charge on any atom is -0.490 e. The molecule has 27 heavy (non-hydrogen) atoms. The number of hydrogen-bond donors (Lipinski definition) is 1. The second kappa shape index (κ2) is 7.12. The third-order valence-corrected chi connectivity index (χ3v) is 5.20. The molecular weight excluding hydrogens is 339 g/mol. The molecule has 0 spiro atoms. The fourth-order valence-corrected chi connectivity index (χ4v) is 3.68. The molecule has 1 aliphatic rings. The van der Waals surface area contributed by atoms with Crippen molar-refractivity contribution in [3.05, 3.63) is 82.8 Å². The summed E-state index contributed by atoms with van der Waals surface area (Å²) in [5, 5.41) is 0. The van der Waals surface area contributed by atoms with E-state index in [4.69, 9.17) is 15.5 Å². The zero-order chi connectivity index (χ0) is 19.0. The molecule has 1 aromatic heterocycles. The van der Waals surface area contributed by atoms with Crippen molar-refractivity contribution in [3.8, 4) is 17.0 Å². The molecule has 1 aliphatic heterocycles. The molecule has 2 N–H and O–H groups in total. The number of halogens is 1. The first-order chi connectivity index (χ1) is 13.1. The maximum absolute atomic E-state index is 14.6. The first-order valence-electron chi connectivity index (χ1n) is 9.27. The Morgan fingerprint density at radius 2 is 1.96 bits per heavy atom. The monoisotopic (exact) mass is 362 g/mol. The Balaban J connectivity index is 1.92. The van der Waals surface area contributed by atoms with Crippen molar-refractivity contribution in [2.75, 3.05) is 13.2 Å². The van der Waals surface area contributed by atoms with Crippen molar-refractivity contribution in [2.24, 2.45) is 5.73 Å². The van der Waals surface area contributed by atoms with E-state index in [9.17, 15) is 4.39 Å². The molecule has 138 valence electrons. The molecule has 4 rings (SSSR count). The van der Waals surface area contributed by atoms with Crippen LogP contribution in [0.4, 0.5) is 4.39 Å². The van der Waals surface area contributed by atoms with Crippen LogP contribution in [-0.4, -0.2) is 18.1 Å². The van der Waals surface area contributed by atoms with E-state index in [-0.39, 0.29) is 17.7 Å². The Kier molecular flexibility index (Phi) is 4.66. The van der Waals surface area contributed by atoms with E-state index in [1.807, 2.05) is 31.2 Å².